The molecule has 0 amide bonds. The fourth-order valence-electron chi connectivity index (χ4n) is 1.66. The molecule has 0 saturated carbocycles. The van der Waals surface area contributed by atoms with Crippen LogP contribution in [0.3, 0.4) is 0 Å². The van der Waals surface area contributed by atoms with Crippen molar-refractivity contribution >= 4 is 34.6 Å². The van der Waals surface area contributed by atoms with E-state index in [2.05, 4.69) is 4.98 Å². The number of nitrogen functional groups attached to an aromatic ring is 1. The molecule has 0 saturated heterocycles. The third-order valence-electron chi connectivity index (χ3n) is 2.71. The molecule has 3 N–H and O–H groups in total. The largest absolute Gasteiger partial charge is 0.475 e. The standard InChI is InChI=1S/C14H12N2O4S/c15-9-3-1-8(2-4-9)5-10-7-21-13(16-10)11(17)6-12(18)14(19)20/h1-4,7H,5-6,15H2,(H,19,20). The highest BCUT2D eigenvalue weighted by Crippen LogP contribution is 2.16. The predicted molar refractivity (Wildman–Crippen MR) is 77.4 cm³/mol. The smallest absolute Gasteiger partial charge is 0.372 e. The molecule has 0 radical (unpaired) electrons. The van der Waals surface area contributed by atoms with Crippen molar-refractivity contribution in [1.29, 1.82) is 0 Å². The minimum atomic E-state index is -1.61. The molecular formula is C14H12N2O4S. The Morgan fingerprint density at radius 1 is 1.19 bits per heavy atom. The van der Waals surface area contributed by atoms with Crippen molar-refractivity contribution in [2.24, 2.45) is 0 Å². The minimum absolute atomic E-state index is 0.148. The first kappa shape index (κ1) is 14.9. The van der Waals surface area contributed by atoms with Crippen LogP contribution in [-0.2, 0) is 16.0 Å². The number of ketones is 2. The number of carbonyl (C=O) groups is 3. The molecule has 0 spiro atoms. The Balaban J connectivity index is 2.04. The number of rotatable bonds is 6. The summed E-state index contributed by atoms with van der Waals surface area (Å²) in [5.41, 5.74) is 7.95. The topological polar surface area (TPSA) is 110 Å². The first-order valence-corrected chi connectivity index (χ1v) is 6.92. The van der Waals surface area contributed by atoms with E-state index < -0.39 is 24.0 Å². The zero-order valence-electron chi connectivity index (χ0n) is 10.9. The Labute approximate surface area is 124 Å². The molecule has 0 aliphatic carbocycles. The summed E-state index contributed by atoms with van der Waals surface area (Å²) in [6.45, 7) is 0. The highest BCUT2D eigenvalue weighted by atomic mass is 32.1. The molecule has 6 nitrogen and oxygen atoms in total. The van der Waals surface area contributed by atoms with Gasteiger partial charge in [-0.3, -0.25) is 9.59 Å². The average Bonchev–Trinajstić information content (AvgIpc) is 2.90. The summed E-state index contributed by atoms with van der Waals surface area (Å²) in [5, 5.41) is 10.3. The molecule has 0 atom stereocenters. The molecule has 7 heteroatoms. The van der Waals surface area contributed by atoms with Crippen molar-refractivity contribution in [1.82, 2.24) is 4.98 Å². The first-order chi connectivity index (χ1) is 9.95. The summed E-state index contributed by atoms with van der Waals surface area (Å²) in [5.74, 6) is -3.31. The Hall–Kier alpha value is -2.54. The zero-order valence-corrected chi connectivity index (χ0v) is 11.7. The number of nitrogens with zero attached hydrogens (tertiary/aromatic N) is 1. The van der Waals surface area contributed by atoms with Crippen LogP contribution < -0.4 is 5.73 Å². The normalized spacial score (nSPS) is 10.3. The molecule has 1 aromatic heterocycles. The van der Waals surface area contributed by atoms with Gasteiger partial charge in [-0.15, -0.1) is 11.3 Å². The predicted octanol–water partition coefficient (Wildman–Crippen LogP) is 1.54. The number of Topliss-reactive ketones (excluding diaryl/α,β-unsaturated/α-hetero) is 2. The van der Waals surface area contributed by atoms with E-state index in [1.807, 2.05) is 12.1 Å². The fourth-order valence-corrected chi connectivity index (χ4v) is 2.42. The molecule has 2 rings (SSSR count). The van der Waals surface area contributed by atoms with Gasteiger partial charge in [-0.05, 0) is 17.7 Å². The minimum Gasteiger partial charge on any atom is -0.475 e. The van der Waals surface area contributed by atoms with Crippen molar-refractivity contribution < 1.29 is 19.5 Å². The number of carboxylic acid groups (broad SMARTS) is 1. The molecule has 1 aromatic carbocycles. The third kappa shape index (κ3) is 3.96. The first-order valence-electron chi connectivity index (χ1n) is 6.04. The molecule has 0 bridgehead atoms. The van der Waals surface area contributed by atoms with Gasteiger partial charge in [0.1, 0.15) is 0 Å². The van der Waals surface area contributed by atoms with E-state index in [1.165, 1.54) is 0 Å². The van der Waals surface area contributed by atoms with Crippen LogP contribution in [0.4, 0.5) is 5.69 Å². The quantitative estimate of drug-likeness (QED) is 0.362. The Morgan fingerprint density at radius 3 is 2.48 bits per heavy atom. The summed E-state index contributed by atoms with van der Waals surface area (Å²) in [6.07, 6.45) is -0.124. The number of benzene rings is 1. The summed E-state index contributed by atoms with van der Waals surface area (Å²) in [4.78, 5) is 37.3. The summed E-state index contributed by atoms with van der Waals surface area (Å²) in [7, 11) is 0. The zero-order chi connectivity index (χ0) is 15.4. The number of hydrogen-bond acceptors (Lipinski definition) is 6. The molecular weight excluding hydrogens is 292 g/mol. The van der Waals surface area contributed by atoms with E-state index in [4.69, 9.17) is 10.8 Å². The van der Waals surface area contributed by atoms with E-state index in [-0.39, 0.29) is 5.01 Å². The van der Waals surface area contributed by atoms with Crippen LogP contribution in [0.2, 0.25) is 0 Å². The SMILES string of the molecule is Nc1ccc(Cc2csc(C(=O)CC(=O)C(=O)O)n2)cc1. The molecule has 0 aliphatic rings. The molecule has 2 aromatic rings. The maximum absolute atomic E-state index is 11.7. The van der Waals surface area contributed by atoms with E-state index in [0.717, 1.165) is 16.9 Å². The number of anilines is 1. The lowest BCUT2D eigenvalue weighted by atomic mass is 10.1. The number of thiazole rings is 1. The summed E-state index contributed by atoms with van der Waals surface area (Å²) < 4.78 is 0. The van der Waals surface area contributed by atoms with Crippen LogP contribution in [-0.4, -0.2) is 27.6 Å². The second-order valence-electron chi connectivity index (χ2n) is 4.39. The highest BCUT2D eigenvalue weighted by Gasteiger charge is 2.20. The van der Waals surface area contributed by atoms with Crippen molar-refractivity contribution in [3.05, 3.63) is 45.9 Å². The Bertz CT molecular complexity index is 691. The maximum Gasteiger partial charge on any atom is 0.372 e. The van der Waals surface area contributed by atoms with Gasteiger partial charge in [0, 0.05) is 17.5 Å². The monoisotopic (exact) mass is 304 g/mol. The van der Waals surface area contributed by atoms with Gasteiger partial charge in [0.25, 0.3) is 0 Å². The lowest BCUT2D eigenvalue weighted by Gasteiger charge is -1.98. The van der Waals surface area contributed by atoms with Crippen molar-refractivity contribution in [3.8, 4) is 0 Å². The van der Waals surface area contributed by atoms with Crippen molar-refractivity contribution in [2.45, 2.75) is 12.8 Å². The van der Waals surface area contributed by atoms with Crippen LogP contribution in [0.5, 0.6) is 0 Å². The van der Waals surface area contributed by atoms with Crippen LogP contribution in [0, 0.1) is 0 Å². The van der Waals surface area contributed by atoms with Gasteiger partial charge in [0.05, 0.1) is 12.1 Å². The molecule has 0 aliphatic heterocycles. The molecule has 108 valence electrons. The van der Waals surface area contributed by atoms with Gasteiger partial charge in [-0.2, -0.15) is 0 Å². The summed E-state index contributed by atoms with van der Waals surface area (Å²) >= 11 is 1.10. The Morgan fingerprint density at radius 2 is 1.86 bits per heavy atom. The van der Waals surface area contributed by atoms with Crippen LogP contribution >= 0.6 is 11.3 Å². The van der Waals surface area contributed by atoms with E-state index in [9.17, 15) is 14.4 Å². The number of hydrogen-bond donors (Lipinski definition) is 2. The molecule has 21 heavy (non-hydrogen) atoms. The molecule has 0 unspecified atom stereocenters. The number of aliphatic carboxylic acids is 1. The van der Waals surface area contributed by atoms with Crippen LogP contribution in [0.1, 0.15) is 27.5 Å². The summed E-state index contributed by atoms with van der Waals surface area (Å²) in [6, 6.07) is 7.28. The fraction of sp³-hybridized carbons (Fsp3) is 0.143. The molecule has 1 heterocycles. The number of carboxylic acids is 1. The van der Waals surface area contributed by atoms with Crippen molar-refractivity contribution in [3.63, 3.8) is 0 Å². The van der Waals surface area contributed by atoms with Gasteiger partial charge in [0.2, 0.25) is 5.78 Å². The second kappa shape index (κ2) is 6.27. The second-order valence-corrected chi connectivity index (χ2v) is 5.25. The van der Waals surface area contributed by atoms with Crippen LogP contribution in [0.15, 0.2) is 29.6 Å². The van der Waals surface area contributed by atoms with E-state index in [0.29, 0.717) is 17.8 Å². The van der Waals surface area contributed by atoms with Gasteiger partial charge in [0.15, 0.2) is 10.8 Å². The third-order valence-corrected chi connectivity index (χ3v) is 3.65. The van der Waals surface area contributed by atoms with Gasteiger partial charge >= 0.3 is 5.97 Å². The number of nitrogens with two attached hydrogens (primary N) is 1. The average molecular weight is 304 g/mol. The van der Waals surface area contributed by atoms with E-state index in [1.54, 1.807) is 17.5 Å². The van der Waals surface area contributed by atoms with Crippen LogP contribution in [0.25, 0.3) is 0 Å². The number of carbonyl (C=O) groups excluding carboxylic acids is 2. The van der Waals surface area contributed by atoms with Gasteiger partial charge in [-0.25, -0.2) is 9.78 Å². The van der Waals surface area contributed by atoms with Gasteiger partial charge < -0.3 is 10.8 Å². The highest BCUT2D eigenvalue weighted by molar-refractivity contribution is 7.11. The Kier molecular flexibility index (Phi) is 4.44. The van der Waals surface area contributed by atoms with Gasteiger partial charge in [-0.1, -0.05) is 12.1 Å². The van der Waals surface area contributed by atoms with Crippen molar-refractivity contribution in [2.75, 3.05) is 5.73 Å². The van der Waals surface area contributed by atoms with E-state index >= 15 is 0 Å². The molecule has 0 fully saturated rings. The lowest BCUT2D eigenvalue weighted by molar-refractivity contribution is -0.148. The number of aromatic nitrogens is 1. The maximum atomic E-state index is 11.7. The lowest BCUT2D eigenvalue weighted by Crippen LogP contribution is -2.17.